The Morgan fingerprint density at radius 2 is 1.89 bits per heavy atom. The molecule has 0 radical (unpaired) electrons. The maximum atomic E-state index is 13.2. The summed E-state index contributed by atoms with van der Waals surface area (Å²) in [4.78, 5) is 17.1. The van der Waals surface area contributed by atoms with E-state index in [2.05, 4.69) is 10.3 Å². The Morgan fingerprint density at radius 1 is 1.19 bits per heavy atom. The Bertz CT molecular complexity index is 1090. The van der Waals surface area contributed by atoms with E-state index in [4.69, 9.17) is 0 Å². The van der Waals surface area contributed by atoms with Gasteiger partial charge in [0.15, 0.2) is 15.0 Å². The number of carbonyl (C=O) groups is 1. The molecular weight excluding hydrogens is 389 g/mol. The van der Waals surface area contributed by atoms with E-state index in [0.29, 0.717) is 16.5 Å². The van der Waals surface area contributed by atoms with Gasteiger partial charge in [0.25, 0.3) is 5.91 Å². The van der Waals surface area contributed by atoms with E-state index in [1.54, 1.807) is 28.8 Å². The number of sulfone groups is 1. The molecule has 0 aliphatic carbocycles. The van der Waals surface area contributed by atoms with Crippen molar-refractivity contribution < 1.29 is 17.6 Å². The number of rotatable bonds is 5. The summed E-state index contributed by atoms with van der Waals surface area (Å²) in [6, 6.07) is 11.7. The molecule has 3 aromatic rings. The Balaban J connectivity index is 1.96. The van der Waals surface area contributed by atoms with E-state index in [1.165, 1.54) is 42.2 Å². The van der Waals surface area contributed by atoms with Crippen molar-refractivity contribution in [1.82, 2.24) is 9.55 Å². The summed E-state index contributed by atoms with van der Waals surface area (Å²) in [7, 11) is -3.39. The van der Waals surface area contributed by atoms with Gasteiger partial charge in [-0.2, -0.15) is 0 Å². The SMILES string of the molecule is CSc1ncc(C(=O)Nc2cccc(S(C)(=O)=O)c2)n1-c1ccc(F)cc1. The molecule has 1 N–H and O–H groups in total. The molecule has 6 nitrogen and oxygen atoms in total. The summed E-state index contributed by atoms with van der Waals surface area (Å²) in [5.74, 6) is -0.842. The van der Waals surface area contributed by atoms with Crippen LogP contribution in [0.5, 0.6) is 0 Å². The number of hydrogen-bond acceptors (Lipinski definition) is 5. The van der Waals surface area contributed by atoms with E-state index in [1.807, 2.05) is 6.26 Å². The highest BCUT2D eigenvalue weighted by molar-refractivity contribution is 7.98. The van der Waals surface area contributed by atoms with Crippen molar-refractivity contribution in [3.8, 4) is 5.69 Å². The summed E-state index contributed by atoms with van der Waals surface area (Å²) in [6.07, 6.45) is 4.34. The molecule has 1 amide bonds. The molecule has 0 spiro atoms. The van der Waals surface area contributed by atoms with Crippen LogP contribution < -0.4 is 5.32 Å². The number of amides is 1. The van der Waals surface area contributed by atoms with Gasteiger partial charge in [0.1, 0.15) is 11.5 Å². The predicted octanol–water partition coefficient (Wildman–Crippen LogP) is 3.39. The van der Waals surface area contributed by atoms with Gasteiger partial charge in [0.05, 0.1) is 11.1 Å². The first-order chi connectivity index (χ1) is 12.8. The molecule has 140 valence electrons. The molecule has 2 aromatic carbocycles. The number of carbonyl (C=O) groups excluding carboxylic acids is 1. The van der Waals surface area contributed by atoms with E-state index in [9.17, 15) is 17.6 Å². The Kier molecular flexibility index (Phi) is 5.33. The third-order valence-electron chi connectivity index (χ3n) is 3.75. The lowest BCUT2D eigenvalue weighted by atomic mass is 10.3. The van der Waals surface area contributed by atoms with Gasteiger partial charge in [-0.1, -0.05) is 17.8 Å². The van der Waals surface area contributed by atoms with Crippen molar-refractivity contribution >= 4 is 33.2 Å². The lowest BCUT2D eigenvalue weighted by molar-refractivity contribution is 0.102. The molecule has 0 saturated heterocycles. The zero-order valence-electron chi connectivity index (χ0n) is 14.5. The molecule has 0 atom stereocenters. The van der Waals surface area contributed by atoms with Crippen LogP contribution >= 0.6 is 11.8 Å². The van der Waals surface area contributed by atoms with Crippen LogP contribution in [0, 0.1) is 5.82 Å². The molecule has 0 saturated carbocycles. The number of halogens is 1. The number of nitrogens with one attached hydrogen (secondary N) is 1. The monoisotopic (exact) mass is 405 g/mol. The van der Waals surface area contributed by atoms with Crippen molar-refractivity contribution in [2.24, 2.45) is 0 Å². The predicted molar refractivity (Wildman–Crippen MR) is 103 cm³/mol. The lowest BCUT2D eigenvalue weighted by Crippen LogP contribution is -2.17. The molecule has 0 unspecified atom stereocenters. The highest BCUT2D eigenvalue weighted by atomic mass is 32.2. The third-order valence-corrected chi connectivity index (χ3v) is 5.51. The third kappa shape index (κ3) is 4.20. The van der Waals surface area contributed by atoms with Gasteiger partial charge in [-0.25, -0.2) is 17.8 Å². The number of aromatic nitrogens is 2. The van der Waals surface area contributed by atoms with Crippen LogP contribution in [0.4, 0.5) is 10.1 Å². The standard InChI is InChI=1S/C18H16FN3O3S2/c1-26-18-20-11-16(22(18)14-8-6-12(19)7-9-14)17(23)21-13-4-3-5-15(10-13)27(2,24)25/h3-11H,1-2H3,(H,21,23). The van der Waals surface area contributed by atoms with Crippen molar-refractivity contribution in [1.29, 1.82) is 0 Å². The topological polar surface area (TPSA) is 81.1 Å². The summed E-state index contributed by atoms with van der Waals surface area (Å²) >= 11 is 1.34. The Morgan fingerprint density at radius 3 is 2.52 bits per heavy atom. The summed E-state index contributed by atoms with van der Waals surface area (Å²) in [5.41, 5.74) is 1.18. The number of nitrogens with zero attached hydrogens (tertiary/aromatic N) is 2. The molecule has 1 heterocycles. The number of hydrogen-bond donors (Lipinski definition) is 1. The van der Waals surface area contributed by atoms with Crippen LogP contribution in [0.1, 0.15) is 10.5 Å². The van der Waals surface area contributed by atoms with Crippen molar-refractivity contribution in [2.75, 3.05) is 17.8 Å². The van der Waals surface area contributed by atoms with Gasteiger partial charge in [0.2, 0.25) is 0 Å². The van der Waals surface area contributed by atoms with E-state index < -0.39 is 15.7 Å². The largest absolute Gasteiger partial charge is 0.321 e. The van der Waals surface area contributed by atoms with Crippen LogP contribution in [0.2, 0.25) is 0 Å². The lowest BCUT2D eigenvalue weighted by Gasteiger charge is -2.12. The molecule has 3 rings (SSSR count). The smallest absolute Gasteiger partial charge is 0.274 e. The second-order valence-corrected chi connectivity index (χ2v) is 8.49. The first-order valence-electron chi connectivity index (χ1n) is 7.79. The van der Waals surface area contributed by atoms with Crippen molar-refractivity contribution in [3.63, 3.8) is 0 Å². The highest BCUT2D eigenvalue weighted by Gasteiger charge is 2.18. The summed E-state index contributed by atoms with van der Waals surface area (Å²) in [5, 5.41) is 3.25. The Labute approximate surface area is 160 Å². The number of benzene rings is 2. The highest BCUT2D eigenvalue weighted by Crippen LogP contribution is 2.23. The maximum Gasteiger partial charge on any atom is 0.274 e. The molecule has 0 aliphatic heterocycles. The van der Waals surface area contributed by atoms with Crippen molar-refractivity contribution in [3.05, 3.63) is 66.2 Å². The summed E-state index contributed by atoms with van der Waals surface area (Å²) < 4.78 is 38.2. The van der Waals surface area contributed by atoms with Gasteiger partial charge in [-0.3, -0.25) is 9.36 Å². The fourth-order valence-corrected chi connectivity index (χ4v) is 3.69. The molecular formula is C18H16FN3O3S2. The summed E-state index contributed by atoms with van der Waals surface area (Å²) in [6.45, 7) is 0. The normalized spacial score (nSPS) is 11.4. The van der Waals surface area contributed by atoms with Crippen LogP contribution in [0.3, 0.4) is 0 Å². The van der Waals surface area contributed by atoms with Crippen LogP contribution in [-0.4, -0.2) is 36.4 Å². The van der Waals surface area contributed by atoms with E-state index >= 15 is 0 Å². The first kappa shape index (κ1) is 19.1. The molecule has 0 aliphatic rings. The molecule has 0 bridgehead atoms. The van der Waals surface area contributed by atoms with Gasteiger partial charge in [-0.05, 0) is 48.7 Å². The van der Waals surface area contributed by atoms with Gasteiger partial charge < -0.3 is 5.32 Å². The Hall–Kier alpha value is -2.65. The number of anilines is 1. The van der Waals surface area contributed by atoms with Crippen LogP contribution in [0.25, 0.3) is 5.69 Å². The van der Waals surface area contributed by atoms with Gasteiger partial charge in [-0.15, -0.1) is 0 Å². The second-order valence-electron chi connectivity index (χ2n) is 5.70. The molecule has 0 fully saturated rings. The molecule has 9 heteroatoms. The number of thioether (sulfide) groups is 1. The zero-order valence-corrected chi connectivity index (χ0v) is 16.1. The average molecular weight is 405 g/mol. The fourth-order valence-electron chi connectivity index (χ4n) is 2.48. The molecule has 27 heavy (non-hydrogen) atoms. The quantitative estimate of drug-likeness (QED) is 0.658. The fraction of sp³-hybridized carbons (Fsp3) is 0.111. The average Bonchev–Trinajstić information content (AvgIpc) is 3.06. The zero-order chi connectivity index (χ0) is 19.6. The first-order valence-corrected chi connectivity index (χ1v) is 10.9. The van der Waals surface area contributed by atoms with E-state index in [0.717, 1.165) is 6.26 Å². The minimum Gasteiger partial charge on any atom is -0.321 e. The van der Waals surface area contributed by atoms with Crippen LogP contribution in [0.15, 0.2) is 64.8 Å². The minimum atomic E-state index is -3.39. The number of imidazole rings is 1. The van der Waals surface area contributed by atoms with Gasteiger partial charge >= 0.3 is 0 Å². The molecule has 1 aromatic heterocycles. The van der Waals surface area contributed by atoms with Gasteiger partial charge in [0, 0.05) is 17.6 Å². The second kappa shape index (κ2) is 7.53. The maximum absolute atomic E-state index is 13.2. The van der Waals surface area contributed by atoms with Crippen LogP contribution in [-0.2, 0) is 9.84 Å². The van der Waals surface area contributed by atoms with E-state index in [-0.39, 0.29) is 16.4 Å². The van der Waals surface area contributed by atoms with Crippen molar-refractivity contribution in [2.45, 2.75) is 10.1 Å². The minimum absolute atomic E-state index is 0.108.